The van der Waals surface area contributed by atoms with E-state index >= 15 is 0 Å². The number of nitro groups is 1. The molecular formula is C23H33N3O6S. The maximum atomic E-state index is 12.5. The number of hydrogen-bond donors (Lipinski definition) is 2. The predicted octanol–water partition coefficient (Wildman–Crippen LogP) is 4.07. The SMILES string of the molecule is COC(=O)C(Cc1ccc([N+](=O)[O-])cc1)NC(=S)C1(CCNC(=O)OC(C)(C)C)CCCC1. The number of rotatable bonds is 9. The van der Waals surface area contributed by atoms with Crippen LogP contribution in [-0.4, -0.2) is 47.3 Å². The molecule has 1 aliphatic carbocycles. The van der Waals surface area contributed by atoms with Crippen LogP contribution in [0.25, 0.3) is 0 Å². The van der Waals surface area contributed by atoms with E-state index in [1.165, 1.54) is 19.2 Å². The summed E-state index contributed by atoms with van der Waals surface area (Å²) in [6.07, 6.45) is 4.18. The Balaban J connectivity index is 2.05. The molecule has 1 aromatic carbocycles. The summed E-state index contributed by atoms with van der Waals surface area (Å²) >= 11 is 5.76. The third-order valence-electron chi connectivity index (χ3n) is 5.69. The minimum Gasteiger partial charge on any atom is -0.467 e. The molecule has 1 atom stereocenters. The number of carbonyl (C=O) groups is 2. The molecule has 9 nitrogen and oxygen atoms in total. The maximum absolute atomic E-state index is 12.5. The van der Waals surface area contributed by atoms with Crippen molar-refractivity contribution in [1.82, 2.24) is 10.6 Å². The zero-order valence-corrected chi connectivity index (χ0v) is 20.5. The van der Waals surface area contributed by atoms with Crippen LogP contribution in [0.1, 0.15) is 58.4 Å². The van der Waals surface area contributed by atoms with Crippen molar-refractivity contribution in [3.05, 3.63) is 39.9 Å². The summed E-state index contributed by atoms with van der Waals surface area (Å²) in [5.41, 5.74) is -0.165. The normalized spacial score (nSPS) is 15.9. The molecule has 2 N–H and O–H groups in total. The van der Waals surface area contributed by atoms with Gasteiger partial charge in [-0.15, -0.1) is 0 Å². The molecule has 182 valence electrons. The molecular weight excluding hydrogens is 446 g/mol. The zero-order valence-electron chi connectivity index (χ0n) is 19.6. The molecule has 2 rings (SSSR count). The number of ether oxygens (including phenoxy) is 2. The second-order valence-electron chi connectivity index (χ2n) is 9.34. The molecule has 1 fully saturated rings. The number of amides is 1. The van der Waals surface area contributed by atoms with Crippen LogP contribution in [0, 0.1) is 15.5 Å². The number of methoxy groups -OCH3 is 1. The molecule has 1 aliphatic rings. The quantitative estimate of drug-likeness (QED) is 0.235. The minimum atomic E-state index is -0.722. The van der Waals surface area contributed by atoms with Gasteiger partial charge < -0.3 is 20.1 Å². The Hall–Kier alpha value is -2.75. The standard InChI is InChI=1S/C23H33N3O6S/c1-22(2,3)32-21(28)24-14-13-23(11-5-6-12-23)20(33)25-18(19(27)31-4)15-16-7-9-17(10-8-16)26(29)30/h7-10,18H,5-6,11-15H2,1-4H3,(H,24,28)(H,25,33). The van der Waals surface area contributed by atoms with Crippen molar-refractivity contribution in [2.24, 2.45) is 5.41 Å². The largest absolute Gasteiger partial charge is 0.467 e. The average molecular weight is 480 g/mol. The van der Waals surface area contributed by atoms with Gasteiger partial charge in [0.2, 0.25) is 0 Å². The van der Waals surface area contributed by atoms with Gasteiger partial charge in [0.1, 0.15) is 11.6 Å². The van der Waals surface area contributed by atoms with Gasteiger partial charge in [0.25, 0.3) is 5.69 Å². The Bertz CT molecular complexity index is 860. The molecule has 0 saturated heterocycles. The second-order valence-corrected chi connectivity index (χ2v) is 9.75. The number of non-ortho nitro benzene ring substituents is 1. The Labute approximate surface area is 199 Å². The van der Waals surface area contributed by atoms with Crippen molar-refractivity contribution in [2.45, 2.75) is 70.9 Å². The van der Waals surface area contributed by atoms with Crippen molar-refractivity contribution in [2.75, 3.05) is 13.7 Å². The number of nitrogens with zero attached hydrogens (tertiary/aromatic N) is 1. The number of carbonyl (C=O) groups excluding carboxylic acids is 2. The summed E-state index contributed by atoms with van der Waals surface area (Å²) in [5, 5.41) is 16.9. The molecule has 0 radical (unpaired) electrons. The molecule has 1 amide bonds. The van der Waals surface area contributed by atoms with Crippen molar-refractivity contribution in [3.63, 3.8) is 0 Å². The molecule has 33 heavy (non-hydrogen) atoms. The second kappa shape index (κ2) is 11.4. The van der Waals surface area contributed by atoms with Gasteiger partial charge >= 0.3 is 12.1 Å². The van der Waals surface area contributed by atoms with Crippen LogP contribution in [0.15, 0.2) is 24.3 Å². The molecule has 0 aliphatic heterocycles. The number of esters is 1. The number of hydrogen-bond acceptors (Lipinski definition) is 7. The molecule has 0 spiro atoms. The summed E-state index contributed by atoms with van der Waals surface area (Å²) in [7, 11) is 1.31. The van der Waals surface area contributed by atoms with Gasteiger partial charge in [0.15, 0.2) is 0 Å². The van der Waals surface area contributed by atoms with Crippen molar-refractivity contribution < 1.29 is 24.0 Å². The molecule has 1 saturated carbocycles. The zero-order chi connectivity index (χ0) is 24.6. The molecule has 1 aromatic rings. The number of nitrogens with one attached hydrogen (secondary N) is 2. The fourth-order valence-corrected chi connectivity index (χ4v) is 4.45. The van der Waals surface area contributed by atoms with Gasteiger partial charge in [-0.25, -0.2) is 9.59 Å². The van der Waals surface area contributed by atoms with Crippen LogP contribution >= 0.6 is 12.2 Å². The van der Waals surface area contributed by atoms with Crippen LogP contribution in [0.2, 0.25) is 0 Å². The van der Waals surface area contributed by atoms with Gasteiger partial charge in [-0.05, 0) is 45.6 Å². The third-order valence-corrected chi connectivity index (χ3v) is 6.24. The number of alkyl carbamates (subject to hydrolysis) is 1. The topological polar surface area (TPSA) is 120 Å². The highest BCUT2D eigenvalue weighted by atomic mass is 32.1. The first-order chi connectivity index (χ1) is 15.5. The molecule has 1 unspecified atom stereocenters. The molecule has 0 heterocycles. The van der Waals surface area contributed by atoms with Crippen LogP contribution in [-0.2, 0) is 20.7 Å². The summed E-state index contributed by atoms with van der Waals surface area (Å²) in [6.45, 7) is 5.83. The fourth-order valence-electron chi connectivity index (χ4n) is 4.00. The van der Waals surface area contributed by atoms with Gasteiger partial charge in [0.05, 0.1) is 17.0 Å². The summed E-state index contributed by atoms with van der Waals surface area (Å²) in [6, 6.07) is 5.33. The highest BCUT2D eigenvalue weighted by molar-refractivity contribution is 7.80. The maximum Gasteiger partial charge on any atom is 0.407 e. The van der Waals surface area contributed by atoms with E-state index in [-0.39, 0.29) is 17.5 Å². The van der Waals surface area contributed by atoms with Crippen LogP contribution in [0.4, 0.5) is 10.5 Å². The highest BCUT2D eigenvalue weighted by Gasteiger charge is 2.39. The lowest BCUT2D eigenvalue weighted by Crippen LogP contribution is -2.49. The van der Waals surface area contributed by atoms with E-state index in [1.54, 1.807) is 12.1 Å². The van der Waals surface area contributed by atoms with E-state index in [4.69, 9.17) is 21.7 Å². The highest BCUT2D eigenvalue weighted by Crippen LogP contribution is 2.42. The minimum absolute atomic E-state index is 0.0146. The third kappa shape index (κ3) is 7.96. The molecule has 10 heteroatoms. The lowest BCUT2D eigenvalue weighted by atomic mass is 9.82. The van der Waals surface area contributed by atoms with Crippen molar-refractivity contribution in [3.8, 4) is 0 Å². The molecule has 0 bridgehead atoms. The first-order valence-corrected chi connectivity index (χ1v) is 11.5. The number of benzene rings is 1. The van der Waals surface area contributed by atoms with Gasteiger partial charge in [0, 0.05) is 30.5 Å². The fraction of sp³-hybridized carbons (Fsp3) is 0.609. The summed E-state index contributed by atoms with van der Waals surface area (Å²) in [5.74, 6) is -0.462. The Morgan fingerprint density at radius 3 is 2.33 bits per heavy atom. The van der Waals surface area contributed by atoms with Crippen LogP contribution in [0.3, 0.4) is 0 Å². The van der Waals surface area contributed by atoms with E-state index < -0.39 is 28.6 Å². The smallest absolute Gasteiger partial charge is 0.407 e. The van der Waals surface area contributed by atoms with E-state index in [0.717, 1.165) is 31.2 Å². The van der Waals surface area contributed by atoms with Gasteiger partial charge in [-0.2, -0.15) is 0 Å². The van der Waals surface area contributed by atoms with E-state index in [1.807, 2.05) is 20.8 Å². The Morgan fingerprint density at radius 2 is 1.82 bits per heavy atom. The summed E-state index contributed by atoms with van der Waals surface area (Å²) < 4.78 is 10.3. The van der Waals surface area contributed by atoms with Crippen LogP contribution < -0.4 is 10.6 Å². The molecule has 0 aromatic heterocycles. The predicted molar refractivity (Wildman–Crippen MR) is 128 cm³/mol. The van der Waals surface area contributed by atoms with E-state index in [9.17, 15) is 19.7 Å². The summed E-state index contributed by atoms with van der Waals surface area (Å²) in [4.78, 5) is 35.4. The number of thiocarbonyl (C=S) groups is 1. The first kappa shape index (κ1) is 26.5. The van der Waals surface area contributed by atoms with Gasteiger partial charge in [-0.3, -0.25) is 10.1 Å². The monoisotopic (exact) mass is 479 g/mol. The number of nitro benzene ring substituents is 1. The van der Waals surface area contributed by atoms with Crippen molar-refractivity contribution in [1.29, 1.82) is 0 Å². The first-order valence-electron chi connectivity index (χ1n) is 11.0. The lowest BCUT2D eigenvalue weighted by molar-refractivity contribution is -0.384. The van der Waals surface area contributed by atoms with Gasteiger partial charge in [-0.1, -0.05) is 37.2 Å². The Morgan fingerprint density at radius 1 is 1.21 bits per heavy atom. The Kier molecular flexibility index (Phi) is 9.16. The average Bonchev–Trinajstić information content (AvgIpc) is 3.22. The lowest BCUT2D eigenvalue weighted by Gasteiger charge is -2.33. The van der Waals surface area contributed by atoms with E-state index in [0.29, 0.717) is 18.0 Å². The van der Waals surface area contributed by atoms with E-state index in [2.05, 4.69) is 10.6 Å². The van der Waals surface area contributed by atoms with Crippen LogP contribution in [0.5, 0.6) is 0 Å². The van der Waals surface area contributed by atoms with Crippen molar-refractivity contribution >= 4 is 35.0 Å².